The highest BCUT2D eigenvalue weighted by molar-refractivity contribution is 6.04. The lowest BCUT2D eigenvalue weighted by Gasteiger charge is -2.26. The molecule has 0 aliphatic carbocycles. The molecule has 0 saturated carbocycles. The molecular formula is C25H19F6N3O2. The molecule has 1 aromatic heterocycles. The van der Waals surface area contributed by atoms with Crippen LogP contribution < -0.4 is 0 Å². The first-order valence-electron chi connectivity index (χ1n) is 10.8. The van der Waals surface area contributed by atoms with E-state index in [-0.39, 0.29) is 23.7 Å². The Hall–Kier alpha value is -3.78. The van der Waals surface area contributed by atoms with Crippen molar-refractivity contribution in [3.8, 4) is 6.07 Å². The lowest BCUT2D eigenvalue weighted by Crippen LogP contribution is -2.41. The second-order valence-corrected chi connectivity index (χ2v) is 8.22. The van der Waals surface area contributed by atoms with Crippen LogP contribution in [-0.2, 0) is 28.4 Å². The SMILES string of the molecule is N#C/C(=C\c1cn(Cc2cc(C(F)(F)F)cc(C(F)(F)F)c2)c2ccccc12)C(=O)N1CCOCC1. The Morgan fingerprint density at radius 2 is 1.61 bits per heavy atom. The molecular weight excluding hydrogens is 488 g/mol. The molecule has 0 unspecified atom stereocenters. The van der Waals surface area contributed by atoms with Crippen molar-refractivity contribution in [3.05, 3.63) is 76.5 Å². The molecule has 1 aliphatic rings. The Bertz CT molecular complexity index is 1330. The average molecular weight is 507 g/mol. The van der Waals surface area contributed by atoms with Crippen LogP contribution in [0, 0.1) is 11.3 Å². The van der Waals surface area contributed by atoms with Crippen molar-refractivity contribution in [2.24, 2.45) is 0 Å². The third-order valence-corrected chi connectivity index (χ3v) is 5.77. The molecule has 4 rings (SSSR count). The van der Waals surface area contributed by atoms with Crippen molar-refractivity contribution < 1.29 is 35.9 Å². The number of fused-ring (bicyclic) bond motifs is 1. The number of para-hydroxylation sites is 1. The fraction of sp³-hybridized carbons (Fsp3) is 0.280. The van der Waals surface area contributed by atoms with Gasteiger partial charge in [-0.2, -0.15) is 31.6 Å². The van der Waals surface area contributed by atoms with E-state index in [2.05, 4.69) is 0 Å². The summed E-state index contributed by atoms with van der Waals surface area (Å²) in [4.78, 5) is 14.3. The third kappa shape index (κ3) is 5.39. The number of ether oxygens (including phenoxy) is 1. The number of benzene rings is 2. The zero-order chi connectivity index (χ0) is 26.1. The molecule has 188 valence electrons. The van der Waals surface area contributed by atoms with Crippen molar-refractivity contribution in [1.29, 1.82) is 5.26 Å². The molecule has 11 heteroatoms. The van der Waals surface area contributed by atoms with Gasteiger partial charge in [0.05, 0.1) is 24.3 Å². The van der Waals surface area contributed by atoms with Gasteiger partial charge < -0.3 is 14.2 Å². The fourth-order valence-corrected chi connectivity index (χ4v) is 4.06. The van der Waals surface area contributed by atoms with Crippen LogP contribution in [0.2, 0.25) is 0 Å². The van der Waals surface area contributed by atoms with E-state index in [1.165, 1.54) is 21.7 Å². The smallest absolute Gasteiger partial charge is 0.378 e. The summed E-state index contributed by atoms with van der Waals surface area (Å²) in [5.41, 5.74) is -2.17. The Morgan fingerprint density at radius 3 is 2.19 bits per heavy atom. The van der Waals surface area contributed by atoms with E-state index in [9.17, 15) is 36.4 Å². The number of hydrogen-bond acceptors (Lipinski definition) is 3. The minimum absolute atomic E-state index is 0.0852. The quantitative estimate of drug-likeness (QED) is 0.267. The summed E-state index contributed by atoms with van der Waals surface area (Å²) in [6.45, 7) is 1.06. The van der Waals surface area contributed by atoms with Crippen molar-refractivity contribution in [3.63, 3.8) is 0 Å². The molecule has 0 bridgehead atoms. The summed E-state index contributed by atoms with van der Waals surface area (Å²) >= 11 is 0. The van der Waals surface area contributed by atoms with E-state index in [4.69, 9.17) is 4.74 Å². The van der Waals surface area contributed by atoms with E-state index in [0.717, 1.165) is 0 Å². The van der Waals surface area contributed by atoms with Gasteiger partial charge in [0.2, 0.25) is 0 Å². The summed E-state index contributed by atoms with van der Waals surface area (Å²) in [6, 6.07) is 10.1. The fourth-order valence-electron chi connectivity index (χ4n) is 4.06. The first-order chi connectivity index (χ1) is 17.0. The number of amides is 1. The number of halogens is 6. The summed E-state index contributed by atoms with van der Waals surface area (Å²) in [5, 5.41) is 10.2. The number of rotatable bonds is 4. The van der Waals surface area contributed by atoms with E-state index in [0.29, 0.717) is 54.9 Å². The first kappa shape index (κ1) is 25.3. The zero-order valence-corrected chi connectivity index (χ0v) is 18.7. The Balaban J connectivity index is 1.75. The highest BCUT2D eigenvalue weighted by Gasteiger charge is 2.37. The van der Waals surface area contributed by atoms with Crippen LogP contribution in [0.25, 0.3) is 17.0 Å². The molecule has 1 amide bonds. The molecule has 36 heavy (non-hydrogen) atoms. The van der Waals surface area contributed by atoms with Gasteiger partial charge in [0.15, 0.2) is 0 Å². The minimum atomic E-state index is -4.95. The van der Waals surface area contributed by atoms with Gasteiger partial charge in [-0.1, -0.05) is 18.2 Å². The first-order valence-corrected chi connectivity index (χ1v) is 10.8. The van der Waals surface area contributed by atoms with Crippen LogP contribution >= 0.6 is 0 Å². The second kappa shape index (κ2) is 9.70. The molecule has 1 aliphatic heterocycles. The zero-order valence-electron chi connectivity index (χ0n) is 18.7. The van der Waals surface area contributed by atoms with Gasteiger partial charge in [-0.25, -0.2) is 0 Å². The number of carbonyl (C=O) groups is 1. The van der Waals surface area contributed by atoms with Gasteiger partial charge >= 0.3 is 12.4 Å². The molecule has 2 heterocycles. The highest BCUT2D eigenvalue weighted by Crippen LogP contribution is 2.37. The van der Waals surface area contributed by atoms with Gasteiger partial charge in [-0.15, -0.1) is 0 Å². The van der Waals surface area contributed by atoms with E-state index in [1.807, 2.05) is 6.07 Å². The lowest BCUT2D eigenvalue weighted by molar-refractivity contribution is -0.143. The molecule has 1 fully saturated rings. The number of aromatic nitrogens is 1. The second-order valence-electron chi connectivity index (χ2n) is 8.22. The molecule has 5 nitrogen and oxygen atoms in total. The summed E-state index contributed by atoms with van der Waals surface area (Å²) in [6.07, 6.45) is -7.03. The predicted octanol–water partition coefficient (Wildman–Crippen LogP) is 5.49. The molecule has 0 radical (unpaired) electrons. The van der Waals surface area contributed by atoms with Crippen LogP contribution in [0.5, 0.6) is 0 Å². The average Bonchev–Trinajstić information content (AvgIpc) is 3.18. The number of carbonyl (C=O) groups excluding carboxylic acids is 1. The third-order valence-electron chi connectivity index (χ3n) is 5.77. The number of hydrogen-bond donors (Lipinski definition) is 0. The number of alkyl halides is 6. The Kier molecular flexibility index (Phi) is 6.82. The van der Waals surface area contributed by atoms with Crippen LogP contribution in [0.3, 0.4) is 0 Å². The van der Waals surface area contributed by atoms with Crippen LogP contribution in [0.15, 0.2) is 54.2 Å². The maximum atomic E-state index is 13.3. The van der Waals surface area contributed by atoms with Crippen molar-refractivity contribution in [2.45, 2.75) is 18.9 Å². The topological polar surface area (TPSA) is 58.3 Å². The van der Waals surface area contributed by atoms with Crippen molar-refractivity contribution in [1.82, 2.24) is 9.47 Å². The highest BCUT2D eigenvalue weighted by atomic mass is 19.4. The number of morpholine rings is 1. The van der Waals surface area contributed by atoms with Gasteiger partial charge in [0.25, 0.3) is 5.91 Å². The van der Waals surface area contributed by atoms with Gasteiger partial charge in [0, 0.05) is 42.3 Å². The maximum absolute atomic E-state index is 13.3. The van der Waals surface area contributed by atoms with Gasteiger partial charge in [-0.3, -0.25) is 4.79 Å². The van der Waals surface area contributed by atoms with Crippen LogP contribution in [0.4, 0.5) is 26.3 Å². The van der Waals surface area contributed by atoms with Gasteiger partial charge in [0.1, 0.15) is 11.6 Å². The number of nitrogens with zero attached hydrogens (tertiary/aromatic N) is 3. The monoisotopic (exact) mass is 507 g/mol. The molecule has 1 saturated heterocycles. The lowest BCUT2D eigenvalue weighted by atomic mass is 10.0. The van der Waals surface area contributed by atoms with Crippen molar-refractivity contribution >= 4 is 22.9 Å². The predicted molar refractivity (Wildman–Crippen MR) is 118 cm³/mol. The van der Waals surface area contributed by atoms with Crippen molar-refractivity contribution in [2.75, 3.05) is 26.3 Å². The largest absolute Gasteiger partial charge is 0.416 e. The summed E-state index contributed by atoms with van der Waals surface area (Å²) < 4.78 is 86.4. The van der Waals surface area contributed by atoms with E-state index < -0.39 is 29.4 Å². The van der Waals surface area contributed by atoms with Crippen LogP contribution in [-0.4, -0.2) is 41.7 Å². The molecule has 2 aromatic carbocycles. The molecule has 3 aromatic rings. The standard InChI is InChI=1S/C25H19F6N3O2/c26-24(27,28)19-9-16(10-20(12-19)25(29,30)31)14-34-15-18(21-3-1-2-4-22(21)34)11-17(13-32)23(35)33-5-7-36-8-6-33/h1-4,9-12,15H,5-8,14H2/b17-11+. The Morgan fingerprint density at radius 1 is 1.00 bits per heavy atom. The summed E-state index contributed by atoms with van der Waals surface area (Å²) in [7, 11) is 0. The normalized spacial score (nSPS) is 15.2. The number of nitriles is 1. The minimum Gasteiger partial charge on any atom is -0.378 e. The Labute approximate surface area is 201 Å². The van der Waals surface area contributed by atoms with Gasteiger partial charge in [-0.05, 0) is 35.9 Å². The summed E-state index contributed by atoms with van der Waals surface area (Å²) in [5.74, 6) is -0.481. The molecule has 0 spiro atoms. The maximum Gasteiger partial charge on any atom is 0.416 e. The van der Waals surface area contributed by atoms with E-state index >= 15 is 0 Å². The van der Waals surface area contributed by atoms with E-state index in [1.54, 1.807) is 24.3 Å². The molecule has 0 N–H and O–H groups in total. The van der Waals surface area contributed by atoms with Crippen LogP contribution in [0.1, 0.15) is 22.3 Å². The molecule has 0 atom stereocenters.